The Labute approximate surface area is 224 Å². The van der Waals surface area contributed by atoms with Crippen LogP contribution in [0, 0.1) is 0 Å². The van der Waals surface area contributed by atoms with Crippen molar-refractivity contribution in [3.8, 4) is 17.2 Å². The molecule has 3 rings (SSSR count). The summed E-state index contributed by atoms with van der Waals surface area (Å²) >= 11 is 11.5. The van der Waals surface area contributed by atoms with Gasteiger partial charge in [-0.25, -0.2) is 10.2 Å². The van der Waals surface area contributed by atoms with Crippen LogP contribution >= 0.6 is 23.8 Å². The van der Waals surface area contributed by atoms with Crippen LogP contribution in [-0.4, -0.2) is 50.6 Å². The Balaban J connectivity index is 1.71. The molecule has 2 aromatic rings. The van der Waals surface area contributed by atoms with Crippen LogP contribution in [0.3, 0.4) is 0 Å². The molecule has 0 unspecified atom stereocenters. The fourth-order valence-electron chi connectivity index (χ4n) is 3.62. The Morgan fingerprint density at radius 3 is 2.65 bits per heavy atom. The van der Waals surface area contributed by atoms with Crippen LogP contribution in [-0.2, 0) is 14.3 Å². The summed E-state index contributed by atoms with van der Waals surface area (Å²) in [5, 5.41) is 10.7. The van der Waals surface area contributed by atoms with Gasteiger partial charge in [-0.05, 0) is 49.8 Å². The van der Waals surface area contributed by atoms with Gasteiger partial charge in [-0.2, -0.15) is 5.10 Å². The molecule has 196 valence electrons. The molecule has 0 saturated heterocycles. The number of thiocarbonyl (C=S) groups is 1. The molecule has 12 heteroatoms. The molecule has 37 heavy (non-hydrogen) atoms. The largest absolute Gasteiger partial charge is 0.493 e. The first-order chi connectivity index (χ1) is 17.8. The third kappa shape index (κ3) is 6.89. The summed E-state index contributed by atoms with van der Waals surface area (Å²) in [6.07, 6.45) is 1.42. The molecule has 0 fully saturated rings. The van der Waals surface area contributed by atoms with E-state index in [-0.39, 0.29) is 13.2 Å². The van der Waals surface area contributed by atoms with Gasteiger partial charge in [0.1, 0.15) is 5.75 Å². The summed E-state index contributed by atoms with van der Waals surface area (Å²) in [6.45, 7) is 3.37. The Bertz CT molecular complexity index is 1250. The SMILES string of the molecule is CCOC(=O)C1=C(C)NC(=S)N[C@@H]1c1ccccc1OCC(=O)NN=Cc1cc(Cl)c(OC)c(OC)c1. The van der Waals surface area contributed by atoms with Gasteiger partial charge in [-0.15, -0.1) is 0 Å². The second-order valence-corrected chi connectivity index (χ2v) is 8.46. The maximum atomic E-state index is 12.7. The summed E-state index contributed by atoms with van der Waals surface area (Å²) in [7, 11) is 2.98. The third-order valence-electron chi connectivity index (χ3n) is 5.21. The van der Waals surface area contributed by atoms with Crippen molar-refractivity contribution in [2.75, 3.05) is 27.4 Å². The number of carbonyl (C=O) groups is 2. The molecule has 1 atom stereocenters. The number of hydrogen-bond donors (Lipinski definition) is 3. The van der Waals surface area contributed by atoms with Crippen LogP contribution < -0.4 is 30.3 Å². The molecule has 2 aromatic carbocycles. The summed E-state index contributed by atoms with van der Waals surface area (Å²) in [6, 6.07) is 9.70. The van der Waals surface area contributed by atoms with Crippen molar-refractivity contribution in [3.63, 3.8) is 0 Å². The predicted octanol–water partition coefficient (Wildman–Crippen LogP) is 3.24. The smallest absolute Gasteiger partial charge is 0.338 e. The molecule has 0 spiro atoms. The standard InChI is InChI=1S/C25H27ClN4O6S/c1-5-35-24(32)21-14(2)28-25(37)29-22(21)16-8-6-7-9-18(16)36-13-20(31)30-27-12-15-10-17(26)23(34-4)19(11-15)33-3/h6-12,22H,5,13H2,1-4H3,(H,30,31)(H2,28,29,37)/t22-/m1/s1. The zero-order valence-electron chi connectivity index (χ0n) is 20.7. The highest BCUT2D eigenvalue weighted by atomic mass is 35.5. The fraction of sp³-hybridized carbons (Fsp3) is 0.280. The minimum atomic E-state index is -0.625. The van der Waals surface area contributed by atoms with Gasteiger partial charge in [0.15, 0.2) is 23.2 Å². The zero-order valence-corrected chi connectivity index (χ0v) is 22.3. The molecule has 1 aliphatic heterocycles. The van der Waals surface area contributed by atoms with Gasteiger partial charge in [0.25, 0.3) is 5.91 Å². The molecule has 1 amide bonds. The van der Waals surface area contributed by atoms with E-state index in [2.05, 4.69) is 21.2 Å². The van der Waals surface area contributed by atoms with E-state index in [1.807, 2.05) is 0 Å². The predicted molar refractivity (Wildman–Crippen MR) is 143 cm³/mol. The van der Waals surface area contributed by atoms with Crippen LogP contribution in [0.25, 0.3) is 0 Å². The Morgan fingerprint density at radius 1 is 1.19 bits per heavy atom. The first-order valence-electron chi connectivity index (χ1n) is 11.2. The van der Waals surface area contributed by atoms with Crippen LogP contribution in [0.4, 0.5) is 0 Å². The van der Waals surface area contributed by atoms with E-state index in [1.54, 1.807) is 50.2 Å². The number of carbonyl (C=O) groups excluding carboxylic acids is 2. The van der Waals surface area contributed by atoms with Gasteiger partial charge in [-0.1, -0.05) is 29.8 Å². The molecule has 0 aromatic heterocycles. The molecule has 10 nitrogen and oxygen atoms in total. The van der Waals surface area contributed by atoms with Crippen LogP contribution in [0.5, 0.6) is 17.2 Å². The van der Waals surface area contributed by atoms with Gasteiger partial charge in [0, 0.05) is 11.3 Å². The van der Waals surface area contributed by atoms with Crippen molar-refractivity contribution in [2.24, 2.45) is 5.10 Å². The maximum absolute atomic E-state index is 12.7. The number of methoxy groups -OCH3 is 2. The highest BCUT2D eigenvalue weighted by Crippen LogP contribution is 2.36. The van der Waals surface area contributed by atoms with E-state index < -0.39 is 17.9 Å². The topological polar surface area (TPSA) is 120 Å². The molecular formula is C25H27ClN4O6S. The number of hydrazone groups is 1. The Morgan fingerprint density at radius 2 is 1.95 bits per heavy atom. The second kappa shape index (κ2) is 12.9. The van der Waals surface area contributed by atoms with Crippen LogP contribution in [0.2, 0.25) is 5.02 Å². The van der Waals surface area contributed by atoms with E-state index in [0.717, 1.165) is 0 Å². The molecule has 0 radical (unpaired) electrons. The van der Waals surface area contributed by atoms with Crippen molar-refractivity contribution in [1.29, 1.82) is 0 Å². The monoisotopic (exact) mass is 546 g/mol. The number of nitrogens with zero attached hydrogens (tertiary/aromatic N) is 1. The number of amides is 1. The third-order valence-corrected chi connectivity index (χ3v) is 5.71. The van der Waals surface area contributed by atoms with Crippen molar-refractivity contribution >= 4 is 47.0 Å². The number of para-hydroxylation sites is 1. The number of halogens is 1. The number of hydrogen-bond acceptors (Lipinski definition) is 8. The minimum absolute atomic E-state index is 0.223. The summed E-state index contributed by atoms with van der Waals surface area (Å²) < 4.78 is 21.5. The lowest BCUT2D eigenvalue weighted by molar-refractivity contribution is -0.139. The molecule has 0 saturated carbocycles. The second-order valence-electron chi connectivity index (χ2n) is 7.65. The Kier molecular flexibility index (Phi) is 9.70. The number of allylic oxidation sites excluding steroid dienone is 1. The van der Waals surface area contributed by atoms with E-state index in [0.29, 0.717) is 49.8 Å². The summed E-state index contributed by atoms with van der Waals surface area (Å²) in [5.41, 5.74) is 4.56. The number of ether oxygens (including phenoxy) is 4. The number of esters is 1. The molecular weight excluding hydrogens is 520 g/mol. The number of rotatable bonds is 10. The highest BCUT2D eigenvalue weighted by Gasteiger charge is 2.32. The van der Waals surface area contributed by atoms with Gasteiger partial charge < -0.3 is 29.6 Å². The van der Waals surface area contributed by atoms with Crippen LogP contribution in [0.1, 0.15) is 31.0 Å². The zero-order chi connectivity index (χ0) is 26.9. The summed E-state index contributed by atoms with van der Waals surface area (Å²) in [5.74, 6) is 0.247. The van der Waals surface area contributed by atoms with Gasteiger partial charge in [0.2, 0.25) is 0 Å². The van der Waals surface area contributed by atoms with Gasteiger partial charge in [-0.3, -0.25) is 4.79 Å². The molecule has 1 heterocycles. The number of nitrogens with one attached hydrogen (secondary N) is 3. The van der Waals surface area contributed by atoms with E-state index in [1.165, 1.54) is 20.4 Å². The van der Waals surface area contributed by atoms with Crippen molar-refractivity contribution in [1.82, 2.24) is 16.1 Å². The van der Waals surface area contributed by atoms with Crippen molar-refractivity contribution < 1.29 is 28.5 Å². The fourth-order valence-corrected chi connectivity index (χ4v) is 4.19. The molecule has 0 bridgehead atoms. The first kappa shape index (κ1) is 27.8. The molecule has 3 N–H and O–H groups in total. The van der Waals surface area contributed by atoms with E-state index in [9.17, 15) is 9.59 Å². The maximum Gasteiger partial charge on any atom is 0.338 e. The lowest BCUT2D eigenvalue weighted by Crippen LogP contribution is -2.45. The number of benzene rings is 2. The van der Waals surface area contributed by atoms with Crippen molar-refractivity contribution in [2.45, 2.75) is 19.9 Å². The molecule has 1 aliphatic rings. The normalized spacial score (nSPS) is 15.1. The lowest BCUT2D eigenvalue weighted by Gasteiger charge is -2.30. The molecule has 0 aliphatic carbocycles. The van der Waals surface area contributed by atoms with Gasteiger partial charge >= 0.3 is 5.97 Å². The van der Waals surface area contributed by atoms with E-state index >= 15 is 0 Å². The van der Waals surface area contributed by atoms with Gasteiger partial charge in [0.05, 0.1) is 43.7 Å². The average molecular weight is 547 g/mol. The minimum Gasteiger partial charge on any atom is -0.493 e. The Hall–Kier alpha value is -3.83. The summed E-state index contributed by atoms with van der Waals surface area (Å²) in [4.78, 5) is 25.1. The first-order valence-corrected chi connectivity index (χ1v) is 12.0. The van der Waals surface area contributed by atoms with Crippen LogP contribution in [0.15, 0.2) is 52.8 Å². The highest BCUT2D eigenvalue weighted by molar-refractivity contribution is 7.80. The lowest BCUT2D eigenvalue weighted by atomic mass is 9.95. The quantitative estimate of drug-likeness (QED) is 0.178. The van der Waals surface area contributed by atoms with Crippen molar-refractivity contribution in [3.05, 3.63) is 63.8 Å². The van der Waals surface area contributed by atoms with E-state index in [4.69, 9.17) is 42.8 Å². The average Bonchev–Trinajstić information content (AvgIpc) is 2.86.